The summed E-state index contributed by atoms with van der Waals surface area (Å²) in [4.78, 5) is 34.0. The summed E-state index contributed by atoms with van der Waals surface area (Å²) in [5.74, 6) is -1.06. The number of benzene rings is 2. The highest BCUT2D eigenvalue weighted by atomic mass is 35.5. The third kappa shape index (κ3) is 4.93. The van der Waals surface area contributed by atoms with Crippen LogP contribution in [0.2, 0.25) is 5.02 Å². The van der Waals surface area contributed by atoms with Gasteiger partial charge in [-0.2, -0.15) is 8.78 Å². The van der Waals surface area contributed by atoms with Crippen LogP contribution >= 0.6 is 11.6 Å². The quantitative estimate of drug-likeness (QED) is 0.385. The molecule has 0 bridgehead atoms. The fourth-order valence-corrected chi connectivity index (χ4v) is 5.19. The van der Waals surface area contributed by atoms with Gasteiger partial charge in [0.25, 0.3) is 0 Å². The minimum absolute atomic E-state index is 0.168. The van der Waals surface area contributed by atoms with Crippen LogP contribution in [0.4, 0.5) is 23.7 Å². The molecule has 1 saturated heterocycles. The lowest BCUT2D eigenvalue weighted by molar-refractivity contribution is -0.129. The topological polar surface area (TPSA) is 96.6 Å². The zero-order chi connectivity index (χ0) is 27.0. The fourth-order valence-electron chi connectivity index (χ4n) is 4.99. The Morgan fingerprint density at radius 2 is 1.97 bits per heavy atom. The van der Waals surface area contributed by atoms with Crippen LogP contribution in [-0.4, -0.2) is 46.6 Å². The molecule has 0 saturated carbocycles. The fraction of sp³-hybridized carbons (Fsp3) is 0.269. The van der Waals surface area contributed by atoms with E-state index >= 15 is 0 Å². The summed E-state index contributed by atoms with van der Waals surface area (Å²) in [5.41, 5.74) is 2.15. The molecule has 2 aliphatic heterocycles. The first-order valence-corrected chi connectivity index (χ1v) is 12.1. The number of rotatable bonds is 6. The molecular weight excluding hydrogens is 525 g/mol. The van der Waals surface area contributed by atoms with Crippen LogP contribution < -0.4 is 10.1 Å². The SMILES string of the molecule is COC(=O)Nc1ccc(-c2cnc([C@@H]3CC[C@H]4CC(c5c(F)ccc(Cl)c5OC(F)F)=CC(=O)N43)[nH]2)cc1. The van der Waals surface area contributed by atoms with Gasteiger partial charge in [-0.05, 0) is 54.7 Å². The van der Waals surface area contributed by atoms with Crippen LogP contribution in [-0.2, 0) is 9.53 Å². The lowest BCUT2D eigenvalue weighted by atomic mass is 9.93. The number of carbonyl (C=O) groups is 2. The normalized spacial score (nSPS) is 18.8. The summed E-state index contributed by atoms with van der Waals surface area (Å²) in [5, 5.41) is 2.41. The molecule has 5 rings (SSSR count). The van der Waals surface area contributed by atoms with Crippen LogP contribution in [0.15, 0.2) is 48.7 Å². The van der Waals surface area contributed by atoms with Crippen molar-refractivity contribution in [3.63, 3.8) is 0 Å². The number of ether oxygens (including phenoxy) is 2. The van der Waals surface area contributed by atoms with Gasteiger partial charge in [0.05, 0.1) is 35.6 Å². The van der Waals surface area contributed by atoms with E-state index in [1.807, 2.05) is 0 Å². The molecule has 8 nitrogen and oxygen atoms in total. The van der Waals surface area contributed by atoms with Gasteiger partial charge in [-0.1, -0.05) is 23.7 Å². The molecule has 1 fully saturated rings. The summed E-state index contributed by atoms with van der Waals surface area (Å²) in [6, 6.07) is 8.65. The number of aromatic amines is 1. The Morgan fingerprint density at radius 1 is 1.21 bits per heavy atom. The van der Waals surface area contributed by atoms with Crippen molar-refractivity contribution >= 4 is 34.9 Å². The molecule has 0 unspecified atom stereocenters. The van der Waals surface area contributed by atoms with Crippen molar-refractivity contribution in [1.29, 1.82) is 0 Å². The van der Waals surface area contributed by atoms with Gasteiger partial charge in [0.15, 0.2) is 5.75 Å². The Balaban J connectivity index is 1.37. The minimum atomic E-state index is -3.20. The van der Waals surface area contributed by atoms with Gasteiger partial charge >= 0.3 is 12.7 Å². The minimum Gasteiger partial charge on any atom is -0.453 e. The van der Waals surface area contributed by atoms with E-state index in [2.05, 4.69) is 24.8 Å². The molecule has 0 spiro atoms. The number of halogens is 4. The number of amides is 2. The average Bonchev–Trinajstić information content (AvgIpc) is 3.54. The average molecular weight is 547 g/mol. The Bertz CT molecular complexity index is 1410. The molecule has 2 atom stereocenters. The van der Waals surface area contributed by atoms with Crippen LogP contribution in [0.3, 0.4) is 0 Å². The summed E-state index contributed by atoms with van der Waals surface area (Å²) >= 11 is 6.02. The Hall–Kier alpha value is -3.99. The summed E-state index contributed by atoms with van der Waals surface area (Å²) in [6.07, 6.45) is 3.82. The van der Waals surface area contributed by atoms with Crippen LogP contribution in [0.5, 0.6) is 5.75 Å². The van der Waals surface area contributed by atoms with Gasteiger partial charge in [0.1, 0.15) is 11.6 Å². The first-order valence-electron chi connectivity index (χ1n) is 11.7. The van der Waals surface area contributed by atoms with E-state index in [1.165, 1.54) is 13.2 Å². The maximum absolute atomic E-state index is 14.8. The molecule has 2 amide bonds. The second-order valence-corrected chi connectivity index (χ2v) is 9.26. The highest BCUT2D eigenvalue weighted by Crippen LogP contribution is 2.45. The molecule has 3 heterocycles. The number of hydrogen-bond acceptors (Lipinski definition) is 5. The molecule has 38 heavy (non-hydrogen) atoms. The van der Waals surface area contributed by atoms with E-state index < -0.39 is 24.3 Å². The summed E-state index contributed by atoms with van der Waals surface area (Å²) < 4.78 is 49.8. The van der Waals surface area contributed by atoms with Crippen molar-refractivity contribution in [2.75, 3.05) is 12.4 Å². The van der Waals surface area contributed by atoms with Gasteiger partial charge < -0.3 is 19.4 Å². The van der Waals surface area contributed by atoms with Gasteiger partial charge in [-0.15, -0.1) is 0 Å². The number of carbonyl (C=O) groups excluding carboxylic acids is 2. The Labute approximate surface area is 220 Å². The number of alkyl halides is 2. The van der Waals surface area contributed by atoms with E-state index in [1.54, 1.807) is 35.4 Å². The van der Waals surface area contributed by atoms with Crippen LogP contribution in [0.1, 0.15) is 36.7 Å². The van der Waals surface area contributed by atoms with Gasteiger partial charge in [0.2, 0.25) is 5.91 Å². The van der Waals surface area contributed by atoms with Crippen molar-refractivity contribution in [1.82, 2.24) is 14.9 Å². The first-order chi connectivity index (χ1) is 18.2. The number of nitrogens with one attached hydrogen (secondary N) is 2. The summed E-state index contributed by atoms with van der Waals surface area (Å²) in [6.45, 7) is -3.20. The molecule has 0 aliphatic carbocycles. The van der Waals surface area contributed by atoms with Crippen LogP contribution in [0, 0.1) is 5.82 Å². The second-order valence-electron chi connectivity index (χ2n) is 8.85. The van der Waals surface area contributed by atoms with Gasteiger partial charge in [-0.3, -0.25) is 10.1 Å². The van der Waals surface area contributed by atoms with Gasteiger partial charge in [-0.25, -0.2) is 14.2 Å². The number of anilines is 1. The number of H-pyrrole nitrogens is 1. The van der Waals surface area contributed by atoms with Crippen LogP contribution in [0.25, 0.3) is 16.8 Å². The van der Waals surface area contributed by atoms with E-state index in [0.29, 0.717) is 24.4 Å². The number of nitrogens with zero attached hydrogens (tertiary/aromatic N) is 2. The molecule has 1 aromatic heterocycles. The molecular formula is C26H22ClF3N4O4. The summed E-state index contributed by atoms with van der Waals surface area (Å²) in [7, 11) is 1.28. The maximum Gasteiger partial charge on any atom is 0.411 e. The smallest absolute Gasteiger partial charge is 0.411 e. The highest BCUT2D eigenvalue weighted by Gasteiger charge is 2.42. The molecule has 0 radical (unpaired) electrons. The Morgan fingerprint density at radius 3 is 2.68 bits per heavy atom. The van der Waals surface area contributed by atoms with E-state index in [-0.39, 0.29) is 40.6 Å². The Kier molecular flexibility index (Phi) is 7.02. The number of hydrogen-bond donors (Lipinski definition) is 2. The van der Waals surface area contributed by atoms with Crippen molar-refractivity contribution in [3.8, 4) is 17.0 Å². The van der Waals surface area contributed by atoms with Crippen molar-refractivity contribution in [2.45, 2.75) is 38.0 Å². The zero-order valence-electron chi connectivity index (χ0n) is 20.0. The molecule has 12 heteroatoms. The van der Waals surface area contributed by atoms with E-state index in [0.717, 1.165) is 23.4 Å². The number of aromatic nitrogens is 2. The third-order valence-electron chi connectivity index (χ3n) is 6.64. The lowest BCUT2D eigenvalue weighted by Gasteiger charge is -2.33. The first kappa shape index (κ1) is 25.7. The van der Waals surface area contributed by atoms with E-state index in [9.17, 15) is 22.8 Å². The predicted octanol–water partition coefficient (Wildman–Crippen LogP) is 6.17. The standard InChI is InChI=1S/C26H22ClF3N4O4/c1-37-26(36)32-15-4-2-13(3-5-15)19-12-31-24(33-19)20-9-6-16-10-14(11-21(35)34(16)20)22-18(28)8-7-17(27)23(22)38-25(29)30/h2-5,7-8,11-12,16,20,25H,6,9-10H2,1H3,(H,31,33)(H,32,36)/t16-,20-/m0/s1. The molecule has 3 aromatic rings. The largest absolute Gasteiger partial charge is 0.453 e. The van der Waals surface area contributed by atoms with E-state index in [4.69, 9.17) is 11.6 Å². The molecule has 2 aliphatic rings. The third-order valence-corrected chi connectivity index (χ3v) is 6.93. The zero-order valence-corrected chi connectivity index (χ0v) is 20.8. The number of methoxy groups -OCH3 is 1. The number of fused-ring (bicyclic) bond motifs is 1. The predicted molar refractivity (Wildman–Crippen MR) is 133 cm³/mol. The van der Waals surface area contributed by atoms with Crippen molar-refractivity contribution < 1.29 is 32.2 Å². The lowest BCUT2D eigenvalue weighted by Crippen LogP contribution is -2.39. The second kappa shape index (κ2) is 10.4. The molecule has 2 N–H and O–H groups in total. The molecule has 2 aromatic carbocycles. The maximum atomic E-state index is 14.8. The monoisotopic (exact) mass is 546 g/mol. The number of imidazole rings is 1. The van der Waals surface area contributed by atoms with Gasteiger partial charge in [0, 0.05) is 17.8 Å². The van der Waals surface area contributed by atoms with Crippen molar-refractivity contribution in [2.24, 2.45) is 0 Å². The highest BCUT2D eigenvalue weighted by molar-refractivity contribution is 6.32. The molecule has 198 valence electrons. The van der Waals surface area contributed by atoms with Crippen molar-refractivity contribution in [3.05, 3.63) is 70.9 Å².